The second-order valence-corrected chi connectivity index (χ2v) is 7.60. The van der Waals surface area contributed by atoms with Crippen molar-refractivity contribution in [3.63, 3.8) is 0 Å². The van der Waals surface area contributed by atoms with Crippen LogP contribution < -0.4 is 5.32 Å². The van der Waals surface area contributed by atoms with Gasteiger partial charge in [-0.25, -0.2) is 0 Å². The lowest BCUT2D eigenvalue weighted by Gasteiger charge is -2.35. The maximum Gasteiger partial charge on any atom is 0.272 e. The summed E-state index contributed by atoms with van der Waals surface area (Å²) in [5.41, 5.74) is 3.91. The molecule has 2 aliphatic rings. The van der Waals surface area contributed by atoms with Gasteiger partial charge in [0.05, 0.1) is 19.3 Å². The van der Waals surface area contributed by atoms with Crippen LogP contribution in [0.15, 0.2) is 24.3 Å². The molecular weight excluding hydrogens is 364 g/mol. The quantitative estimate of drug-likeness (QED) is 0.826. The van der Waals surface area contributed by atoms with E-state index in [0.717, 1.165) is 55.6 Å². The van der Waals surface area contributed by atoms with Crippen molar-refractivity contribution in [3.8, 4) is 0 Å². The summed E-state index contributed by atoms with van der Waals surface area (Å²) in [5, 5.41) is 11.2. The molecule has 27 heavy (non-hydrogen) atoms. The van der Waals surface area contributed by atoms with Crippen LogP contribution in [0.3, 0.4) is 0 Å². The van der Waals surface area contributed by atoms with Crippen molar-refractivity contribution in [2.75, 3.05) is 32.8 Å². The van der Waals surface area contributed by atoms with E-state index in [1.54, 1.807) is 0 Å². The van der Waals surface area contributed by atoms with E-state index in [4.69, 9.17) is 16.3 Å². The summed E-state index contributed by atoms with van der Waals surface area (Å²) in [4.78, 5) is 15.1. The lowest BCUT2D eigenvalue weighted by atomic mass is 9.95. The molecule has 1 aliphatic heterocycles. The lowest BCUT2D eigenvalue weighted by Crippen LogP contribution is -2.44. The van der Waals surface area contributed by atoms with E-state index in [0.29, 0.717) is 30.5 Å². The number of aryl methyl sites for hydroxylation is 1. The first-order chi connectivity index (χ1) is 13.2. The molecule has 0 radical (unpaired) electrons. The van der Waals surface area contributed by atoms with Crippen LogP contribution in [-0.4, -0.2) is 53.9 Å². The van der Waals surface area contributed by atoms with Gasteiger partial charge in [0.25, 0.3) is 5.91 Å². The third-order valence-corrected chi connectivity index (χ3v) is 5.72. The predicted octanol–water partition coefficient (Wildman–Crippen LogP) is 2.75. The molecule has 2 heterocycles. The van der Waals surface area contributed by atoms with Gasteiger partial charge in [0.15, 0.2) is 5.69 Å². The van der Waals surface area contributed by atoms with Gasteiger partial charge < -0.3 is 10.1 Å². The Bertz CT molecular complexity index is 784. The zero-order valence-electron chi connectivity index (χ0n) is 15.3. The van der Waals surface area contributed by atoms with Crippen molar-refractivity contribution in [1.29, 1.82) is 0 Å². The number of aromatic nitrogens is 2. The van der Waals surface area contributed by atoms with E-state index in [1.807, 2.05) is 24.3 Å². The number of aromatic amines is 1. The molecule has 4 rings (SSSR count). The molecular formula is C20H25ClN4O2. The Morgan fingerprint density at radius 3 is 2.74 bits per heavy atom. The van der Waals surface area contributed by atoms with Crippen LogP contribution in [0.4, 0.5) is 0 Å². The van der Waals surface area contributed by atoms with Crippen molar-refractivity contribution in [1.82, 2.24) is 20.4 Å². The molecule has 0 spiro atoms. The van der Waals surface area contributed by atoms with Gasteiger partial charge in [-0.2, -0.15) is 5.10 Å². The maximum atomic E-state index is 12.8. The summed E-state index contributed by atoms with van der Waals surface area (Å²) in [6, 6.07) is 7.95. The lowest BCUT2D eigenvalue weighted by molar-refractivity contribution is 0.0162. The van der Waals surface area contributed by atoms with Gasteiger partial charge in [0.1, 0.15) is 0 Å². The molecule has 7 heteroatoms. The minimum absolute atomic E-state index is 0.0879. The first-order valence-electron chi connectivity index (χ1n) is 9.64. The number of morpholine rings is 1. The van der Waals surface area contributed by atoms with Crippen LogP contribution in [0, 0.1) is 0 Å². The highest BCUT2D eigenvalue weighted by Crippen LogP contribution is 2.24. The molecule has 6 nitrogen and oxygen atoms in total. The standard InChI is InChI=1S/C20H25ClN4O2/c21-15-7-5-14(6-8-15)18(25-9-11-27-12-10-25)13-22-20(26)19-16-3-1-2-4-17(16)23-24-19/h5-8,18H,1-4,9-13H2,(H,22,26)(H,23,24). The van der Waals surface area contributed by atoms with Gasteiger partial charge in [-0.3, -0.25) is 14.8 Å². The first kappa shape index (κ1) is 18.5. The van der Waals surface area contributed by atoms with Crippen LogP contribution in [0.2, 0.25) is 5.02 Å². The summed E-state index contributed by atoms with van der Waals surface area (Å²) < 4.78 is 5.49. The fraction of sp³-hybridized carbons (Fsp3) is 0.500. The molecule has 1 amide bonds. The second kappa shape index (κ2) is 8.42. The van der Waals surface area contributed by atoms with Crippen molar-refractivity contribution in [3.05, 3.63) is 51.8 Å². The van der Waals surface area contributed by atoms with Crippen LogP contribution in [0.25, 0.3) is 0 Å². The summed E-state index contributed by atoms with van der Waals surface area (Å²) in [6.07, 6.45) is 4.19. The first-order valence-corrected chi connectivity index (χ1v) is 10.0. The number of carbonyl (C=O) groups is 1. The van der Waals surface area contributed by atoms with Crippen molar-refractivity contribution in [2.45, 2.75) is 31.7 Å². The van der Waals surface area contributed by atoms with E-state index >= 15 is 0 Å². The molecule has 1 aromatic carbocycles. The Kier molecular flexibility index (Phi) is 5.76. The molecule has 1 aromatic heterocycles. The minimum Gasteiger partial charge on any atom is -0.379 e. The molecule has 1 fully saturated rings. The fourth-order valence-electron chi connectivity index (χ4n) is 3.97. The molecule has 2 N–H and O–H groups in total. The Labute approximate surface area is 164 Å². The number of rotatable bonds is 5. The molecule has 1 saturated heterocycles. The van der Waals surface area contributed by atoms with Crippen molar-refractivity contribution in [2.24, 2.45) is 0 Å². The highest BCUT2D eigenvalue weighted by atomic mass is 35.5. The van der Waals surface area contributed by atoms with E-state index in [-0.39, 0.29) is 11.9 Å². The Morgan fingerprint density at radius 1 is 1.22 bits per heavy atom. The van der Waals surface area contributed by atoms with Crippen LogP contribution in [0.1, 0.15) is 46.2 Å². The van der Waals surface area contributed by atoms with E-state index in [9.17, 15) is 4.79 Å². The number of H-pyrrole nitrogens is 1. The molecule has 2 aromatic rings. The molecule has 1 aliphatic carbocycles. The summed E-state index contributed by atoms with van der Waals surface area (Å²) in [6.45, 7) is 3.65. The number of hydrogen-bond donors (Lipinski definition) is 2. The number of carbonyl (C=O) groups excluding carboxylic acids is 1. The van der Waals surface area contributed by atoms with Crippen LogP contribution in [-0.2, 0) is 17.6 Å². The van der Waals surface area contributed by atoms with E-state index in [2.05, 4.69) is 20.4 Å². The molecule has 1 atom stereocenters. The molecule has 144 valence electrons. The normalized spacial score (nSPS) is 18.7. The number of fused-ring (bicyclic) bond motifs is 1. The summed E-state index contributed by atoms with van der Waals surface area (Å²) in [5.74, 6) is -0.0957. The Hall–Kier alpha value is -1.89. The number of nitrogens with zero attached hydrogens (tertiary/aromatic N) is 2. The predicted molar refractivity (Wildman–Crippen MR) is 104 cm³/mol. The Morgan fingerprint density at radius 2 is 1.96 bits per heavy atom. The van der Waals surface area contributed by atoms with Gasteiger partial charge in [0.2, 0.25) is 0 Å². The SMILES string of the molecule is O=C(NCC(c1ccc(Cl)cc1)N1CCOCC1)c1n[nH]c2c1CCCC2. The zero-order valence-corrected chi connectivity index (χ0v) is 16.1. The zero-order chi connectivity index (χ0) is 18.6. The summed E-state index contributed by atoms with van der Waals surface area (Å²) in [7, 11) is 0. The Balaban J connectivity index is 1.48. The molecule has 0 bridgehead atoms. The number of halogens is 1. The van der Waals surface area contributed by atoms with Gasteiger partial charge >= 0.3 is 0 Å². The van der Waals surface area contributed by atoms with E-state index < -0.39 is 0 Å². The minimum atomic E-state index is -0.0957. The largest absolute Gasteiger partial charge is 0.379 e. The topological polar surface area (TPSA) is 70.2 Å². The van der Waals surface area contributed by atoms with Gasteiger partial charge in [-0.15, -0.1) is 0 Å². The van der Waals surface area contributed by atoms with Crippen molar-refractivity contribution >= 4 is 17.5 Å². The van der Waals surface area contributed by atoms with E-state index in [1.165, 1.54) is 0 Å². The van der Waals surface area contributed by atoms with Gasteiger partial charge in [-0.05, 0) is 43.4 Å². The van der Waals surface area contributed by atoms with Crippen molar-refractivity contribution < 1.29 is 9.53 Å². The number of amides is 1. The smallest absolute Gasteiger partial charge is 0.272 e. The second-order valence-electron chi connectivity index (χ2n) is 7.16. The fourth-order valence-corrected chi connectivity index (χ4v) is 4.10. The van der Waals surface area contributed by atoms with Crippen LogP contribution >= 0.6 is 11.6 Å². The number of benzene rings is 1. The monoisotopic (exact) mass is 388 g/mol. The molecule has 0 saturated carbocycles. The average molecular weight is 389 g/mol. The number of ether oxygens (including phenoxy) is 1. The van der Waals surface area contributed by atoms with Gasteiger partial charge in [-0.1, -0.05) is 23.7 Å². The third-order valence-electron chi connectivity index (χ3n) is 5.47. The third kappa shape index (κ3) is 4.18. The van der Waals surface area contributed by atoms with Crippen LogP contribution in [0.5, 0.6) is 0 Å². The van der Waals surface area contributed by atoms with Gasteiger partial charge in [0, 0.05) is 35.9 Å². The molecule has 1 unspecified atom stereocenters. The summed E-state index contributed by atoms with van der Waals surface area (Å²) >= 11 is 6.05. The average Bonchev–Trinajstić information content (AvgIpc) is 3.14. The number of nitrogens with one attached hydrogen (secondary N) is 2. The highest BCUT2D eigenvalue weighted by Gasteiger charge is 2.26. The highest BCUT2D eigenvalue weighted by molar-refractivity contribution is 6.30. The number of hydrogen-bond acceptors (Lipinski definition) is 4. The maximum absolute atomic E-state index is 12.8.